The molecule has 2 fully saturated rings. The van der Waals surface area contributed by atoms with E-state index in [2.05, 4.69) is 9.80 Å². The Hall–Kier alpha value is -2.90. The average Bonchev–Trinajstić information content (AvgIpc) is 3.18. The topological polar surface area (TPSA) is 67.5 Å². The Morgan fingerprint density at radius 3 is 2.13 bits per heavy atom. The number of hydrogen-bond donors (Lipinski definition) is 1. The summed E-state index contributed by atoms with van der Waals surface area (Å²) in [5.41, 5.74) is 3.56. The summed E-state index contributed by atoms with van der Waals surface area (Å²) in [6, 6.07) is 11.7. The van der Waals surface area contributed by atoms with Gasteiger partial charge in [0.1, 0.15) is 17.1 Å². The summed E-state index contributed by atoms with van der Waals surface area (Å²) in [5, 5.41) is 11.8. The molecule has 30 heavy (non-hydrogen) atoms. The third-order valence-corrected chi connectivity index (χ3v) is 5.80. The monoisotopic (exact) mass is 410 g/mol. The minimum absolute atomic E-state index is 0.258. The molecule has 0 saturated carbocycles. The van der Waals surface area contributed by atoms with Crippen LogP contribution < -0.4 is 14.5 Å². The molecule has 1 N–H and O–H groups in total. The van der Waals surface area contributed by atoms with Crippen LogP contribution in [0.25, 0.3) is 22.1 Å². The van der Waals surface area contributed by atoms with Crippen molar-refractivity contribution in [3.05, 3.63) is 36.4 Å². The van der Waals surface area contributed by atoms with E-state index in [0.29, 0.717) is 26.4 Å². The molecule has 158 valence electrons. The van der Waals surface area contributed by atoms with Crippen LogP contribution in [0.4, 0.5) is 11.6 Å². The lowest BCUT2D eigenvalue weighted by Crippen LogP contribution is -2.36. The van der Waals surface area contributed by atoms with E-state index in [9.17, 15) is 5.11 Å². The smallest absolute Gasteiger partial charge is 0.204 e. The highest BCUT2D eigenvalue weighted by atomic mass is 16.5. The molecule has 0 radical (unpaired) electrons. The standard InChI is InChI=1S/C23H26N2O5/c1-27-17-4-2-16(3-5-17)22-18-14-20(26)19(24-6-10-28-11-7-24)15-21(18)30-23(22)25-8-12-29-13-9-25/h2-5,14-15,26H,6-13H2,1H3. The van der Waals surface area contributed by atoms with Crippen molar-refractivity contribution in [2.24, 2.45) is 0 Å². The third kappa shape index (κ3) is 3.44. The third-order valence-electron chi connectivity index (χ3n) is 5.80. The van der Waals surface area contributed by atoms with Gasteiger partial charge in [-0.15, -0.1) is 0 Å². The van der Waals surface area contributed by atoms with E-state index in [1.54, 1.807) is 7.11 Å². The second-order valence-corrected chi connectivity index (χ2v) is 7.55. The van der Waals surface area contributed by atoms with E-state index in [1.165, 1.54) is 0 Å². The summed E-state index contributed by atoms with van der Waals surface area (Å²) in [5.74, 6) is 1.88. The van der Waals surface area contributed by atoms with Crippen LogP contribution in [0.15, 0.2) is 40.8 Å². The lowest BCUT2D eigenvalue weighted by Gasteiger charge is -2.29. The van der Waals surface area contributed by atoms with Gasteiger partial charge in [0.25, 0.3) is 0 Å². The van der Waals surface area contributed by atoms with Crippen LogP contribution in [0, 0.1) is 0 Å². The number of furan rings is 1. The van der Waals surface area contributed by atoms with Crippen molar-refractivity contribution in [1.82, 2.24) is 0 Å². The lowest BCUT2D eigenvalue weighted by atomic mass is 10.0. The fourth-order valence-corrected chi connectivity index (χ4v) is 4.19. The highest BCUT2D eigenvalue weighted by molar-refractivity contribution is 6.03. The predicted octanol–water partition coefficient (Wildman–Crippen LogP) is 3.49. The summed E-state index contributed by atoms with van der Waals surface area (Å²) >= 11 is 0. The van der Waals surface area contributed by atoms with Crippen molar-refractivity contribution >= 4 is 22.5 Å². The number of rotatable bonds is 4. The normalized spacial score (nSPS) is 17.5. The van der Waals surface area contributed by atoms with E-state index in [-0.39, 0.29) is 5.75 Å². The molecule has 5 rings (SSSR count). The first-order valence-corrected chi connectivity index (χ1v) is 10.3. The summed E-state index contributed by atoms with van der Waals surface area (Å²) in [6.07, 6.45) is 0. The second kappa shape index (κ2) is 8.08. The predicted molar refractivity (Wildman–Crippen MR) is 116 cm³/mol. The van der Waals surface area contributed by atoms with Crippen molar-refractivity contribution in [2.45, 2.75) is 0 Å². The fraction of sp³-hybridized carbons (Fsp3) is 0.391. The van der Waals surface area contributed by atoms with Crippen molar-refractivity contribution in [3.8, 4) is 22.6 Å². The molecule has 7 nitrogen and oxygen atoms in total. The Morgan fingerprint density at radius 2 is 1.50 bits per heavy atom. The first-order valence-electron chi connectivity index (χ1n) is 10.3. The number of nitrogens with zero attached hydrogens (tertiary/aromatic N) is 2. The van der Waals surface area contributed by atoms with Crippen LogP contribution in [0.2, 0.25) is 0 Å². The minimum atomic E-state index is 0.258. The quantitative estimate of drug-likeness (QED) is 0.706. The van der Waals surface area contributed by atoms with Gasteiger partial charge < -0.3 is 33.5 Å². The molecule has 3 heterocycles. The Kier molecular flexibility index (Phi) is 5.14. The van der Waals surface area contributed by atoms with Crippen molar-refractivity contribution in [1.29, 1.82) is 0 Å². The second-order valence-electron chi connectivity index (χ2n) is 7.55. The van der Waals surface area contributed by atoms with Crippen molar-refractivity contribution in [3.63, 3.8) is 0 Å². The zero-order valence-electron chi connectivity index (χ0n) is 17.1. The van der Waals surface area contributed by atoms with E-state index in [0.717, 1.165) is 65.6 Å². The van der Waals surface area contributed by atoms with Gasteiger partial charge in [-0.1, -0.05) is 12.1 Å². The van der Waals surface area contributed by atoms with Crippen molar-refractivity contribution < 1.29 is 23.7 Å². The maximum Gasteiger partial charge on any atom is 0.204 e. The van der Waals surface area contributed by atoms with E-state index in [4.69, 9.17) is 18.6 Å². The van der Waals surface area contributed by atoms with Crippen LogP contribution >= 0.6 is 0 Å². The Morgan fingerprint density at radius 1 is 0.867 bits per heavy atom. The number of phenolic OH excluding ortho intramolecular Hbond substituents is 1. The molecule has 0 bridgehead atoms. The minimum Gasteiger partial charge on any atom is -0.506 e. The molecule has 1 aromatic heterocycles. The van der Waals surface area contributed by atoms with Crippen LogP contribution in [0.3, 0.4) is 0 Å². The molecule has 3 aromatic rings. The molecule has 0 unspecified atom stereocenters. The number of aromatic hydroxyl groups is 1. The van der Waals surface area contributed by atoms with Crippen LogP contribution in [-0.2, 0) is 9.47 Å². The molecule has 2 aromatic carbocycles. The molecule has 0 aliphatic carbocycles. The van der Waals surface area contributed by atoms with Gasteiger partial charge in [-0.05, 0) is 23.8 Å². The Balaban J connectivity index is 1.65. The van der Waals surface area contributed by atoms with Gasteiger partial charge in [0, 0.05) is 37.6 Å². The first kappa shape index (κ1) is 19.1. The van der Waals surface area contributed by atoms with Gasteiger partial charge in [-0.25, -0.2) is 0 Å². The molecule has 2 aliphatic rings. The first-order chi connectivity index (χ1) is 14.7. The Bertz CT molecular complexity index is 1020. The Labute approximate surface area is 175 Å². The zero-order valence-corrected chi connectivity index (χ0v) is 17.1. The van der Waals surface area contributed by atoms with E-state index >= 15 is 0 Å². The zero-order chi connectivity index (χ0) is 20.5. The molecule has 0 amide bonds. The summed E-state index contributed by atoms with van der Waals surface area (Å²) in [4.78, 5) is 4.36. The van der Waals surface area contributed by atoms with Gasteiger partial charge in [0.15, 0.2) is 0 Å². The maximum absolute atomic E-state index is 10.9. The number of benzene rings is 2. The number of methoxy groups -OCH3 is 1. The number of fused-ring (bicyclic) bond motifs is 1. The van der Waals surface area contributed by atoms with Crippen LogP contribution in [0.1, 0.15) is 0 Å². The fourth-order valence-electron chi connectivity index (χ4n) is 4.19. The van der Waals surface area contributed by atoms with Crippen LogP contribution in [0.5, 0.6) is 11.5 Å². The molecule has 7 heteroatoms. The largest absolute Gasteiger partial charge is 0.506 e. The number of ether oxygens (including phenoxy) is 3. The molecule has 2 saturated heterocycles. The number of morpholine rings is 2. The number of anilines is 2. The van der Waals surface area contributed by atoms with Crippen LogP contribution in [-0.4, -0.2) is 64.8 Å². The molecule has 0 spiro atoms. The van der Waals surface area contributed by atoms with Gasteiger partial charge in [0.2, 0.25) is 5.88 Å². The maximum atomic E-state index is 10.9. The van der Waals surface area contributed by atoms with Gasteiger partial charge >= 0.3 is 0 Å². The van der Waals surface area contributed by atoms with Crippen molar-refractivity contribution in [2.75, 3.05) is 69.5 Å². The molecule has 2 aliphatic heterocycles. The van der Waals surface area contributed by atoms with Gasteiger partial charge in [0.05, 0.1) is 44.8 Å². The highest BCUT2D eigenvalue weighted by Gasteiger charge is 2.25. The highest BCUT2D eigenvalue weighted by Crippen LogP contribution is 2.45. The van der Waals surface area contributed by atoms with E-state index in [1.807, 2.05) is 36.4 Å². The molecular formula is C23H26N2O5. The SMILES string of the molecule is COc1ccc(-c2c(N3CCOCC3)oc3cc(N4CCOCC4)c(O)cc23)cc1. The summed E-state index contributed by atoms with van der Waals surface area (Å²) < 4.78 is 22.7. The lowest BCUT2D eigenvalue weighted by molar-refractivity contribution is 0.121. The van der Waals surface area contributed by atoms with Gasteiger partial charge in [-0.2, -0.15) is 0 Å². The average molecular weight is 410 g/mol. The molecular weight excluding hydrogens is 384 g/mol. The van der Waals surface area contributed by atoms with E-state index < -0.39 is 0 Å². The molecule has 0 atom stereocenters. The number of hydrogen-bond acceptors (Lipinski definition) is 7. The van der Waals surface area contributed by atoms with Gasteiger partial charge in [-0.3, -0.25) is 0 Å². The summed E-state index contributed by atoms with van der Waals surface area (Å²) in [7, 11) is 1.66. The number of phenols is 1. The summed E-state index contributed by atoms with van der Waals surface area (Å²) in [6.45, 7) is 5.70.